The highest BCUT2D eigenvalue weighted by molar-refractivity contribution is 5.68. The molecule has 0 aromatic heterocycles. The van der Waals surface area contributed by atoms with Crippen LogP contribution in [0.15, 0.2) is 12.1 Å². The number of rotatable bonds is 4. The Morgan fingerprint density at radius 3 is 2.48 bits per heavy atom. The molecule has 0 bridgehead atoms. The topological polar surface area (TPSA) is 64.3 Å². The number of hydrogen-bond donors (Lipinski definition) is 2. The van der Waals surface area contributed by atoms with E-state index in [1.807, 2.05) is 0 Å². The molecule has 0 saturated heterocycles. The molecule has 6 heteroatoms. The highest BCUT2D eigenvalue weighted by Gasteiger charge is 2.20. The van der Waals surface area contributed by atoms with Crippen LogP contribution < -0.4 is 11.1 Å². The zero-order valence-electron chi connectivity index (χ0n) is 12.8. The summed E-state index contributed by atoms with van der Waals surface area (Å²) in [6.07, 6.45) is -0.537. The predicted molar refractivity (Wildman–Crippen MR) is 77.0 cm³/mol. The smallest absolute Gasteiger partial charge is 0.407 e. The highest BCUT2D eigenvalue weighted by atomic mass is 19.1. The molecule has 0 saturated carbocycles. The summed E-state index contributed by atoms with van der Waals surface area (Å²) in [5.74, 6) is -1.00. The van der Waals surface area contributed by atoms with Gasteiger partial charge >= 0.3 is 6.09 Å². The van der Waals surface area contributed by atoms with E-state index in [0.29, 0.717) is 0 Å². The number of ether oxygens (including phenoxy) is 1. The monoisotopic (exact) mass is 300 g/mol. The van der Waals surface area contributed by atoms with Crippen LogP contribution in [0.5, 0.6) is 0 Å². The molecule has 1 aromatic rings. The van der Waals surface area contributed by atoms with Crippen LogP contribution in [0, 0.1) is 18.6 Å². The molecular weight excluding hydrogens is 278 g/mol. The second-order valence-corrected chi connectivity index (χ2v) is 5.98. The Morgan fingerprint density at radius 2 is 1.95 bits per heavy atom. The van der Waals surface area contributed by atoms with Gasteiger partial charge in [0.1, 0.15) is 17.2 Å². The minimum Gasteiger partial charge on any atom is -0.444 e. The summed E-state index contributed by atoms with van der Waals surface area (Å²) in [5.41, 5.74) is 5.34. The third kappa shape index (κ3) is 5.67. The first kappa shape index (κ1) is 17.4. The number of nitrogens with one attached hydrogen (secondary N) is 1. The van der Waals surface area contributed by atoms with Crippen LogP contribution in [0.25, 0.3) is 0 Å². The lowest BCUT2D eigenvalue weighted by Crippen LogP contribution is -2.44. The normalized spacial score (nSPS) is 12.9. The van der Waals surface area contributed by atoms with Crippen molar-refractivity contribution in [3.05, 3.63) is 34.9 Å². The third-order valence-corrected chi connectivity index (χ3v) is 2.80. The SMILES string of the molecule is Cc1cc(F)c(CC(CN)NC(=O)OC(C)(C)C)cc1F. The Balaban J connectivity index is 2.75. The first-order valence-electron chi connectivity index (χ1n) is 6.76. The maximum atomic E-state index is 13.8. The van der Waals surface area contributed by atoms with E-state index in [1.165, 1.54) is 6.92 Å². The Hall–Kier alpha value is -1.69. The number of amides is 1. The Bertz CT molecular complexity index is 513. The summed E-state index contributed by atoms with van der Waals surface area (Å²) >= 11 is 0. The average molecular weight is 300 g/mol. The largest absolute Gasteiger partial charge is 0.444 e. The van der Waals surface area contributed by atoms with Gasteiger partial charge in [0.2, 0.25) is 0 Å². The Kier molecular flexibility index (Phi) is 5.66. The standard InChI is InChI=1S/C15H22F2N2O2/c1-9-5-13(17)10(7-12(9)16)6-11(8-18)19-14(20)21-15(2,3)4/h5,7,11H,6,8,18H2,1-4H3,(H,19,20). The maximum absolute atomic E-state index is 13.8. The van der Waals surface area contributed by atoms with E-state index in [0.717, 1.165) is 12.1 Å². The predicted octanol–water partition coefficient (Wildman–Crippen LogP) is 2.67. The summed E-state index contributed by atoms with van der Waals surface area (Å²) in [6, 6.07) is 1.73. The van der Waals surface area contributed by atoms with Crippen LogP contribution >= 0.6 is 0 Å². The van der Waals surface area contributed by atoms with E-state index in [-0.39, 0.29) is 24.1 Å². The number of carbonyl (C=O) groups is 1. The van der Waals surface area contributed by atoms with E-state index in [4.69, 9.17) is 10.5 Å². The zero-order valence-corrected chi connectivity index (χ0v) is 12.8. The fourth-order valence-corrected chi connectivity index (χ4v) is 1.78. The molecule has 1 unspecified atom stereocenters. The van der Waals surface area contributed by atoms with Crippen LogP contribution in [-0.2, 0) is 11.2 Å². The lowest BCUT2D eigenvalue weighted by Gasteiger charge is -2.23. The van der Waals surface area contributed by atoms with Crippen LogP contribution in [0.3, 0.4) is 0 Å². The maximum Gasteiger partial charge on any atom is 0.407 e. The molecule has 1 amide bonds. The van der Waals surface area contributed by atoms with Gasteiger partial charge in [-0.25, -0.2) is 13.6 Å². The molecule has 0 aliphatic heterocycles. The molecule has 1 atom stereocenters. The molecule has 21 heavy (non-hydrogen) atoms. The highest BCUT2D eigenvalue weighted by Crippen LogP contribution is 2.16. The van der Waals surface area contributed by atoms with Crippen molar-refractivity contribution in [3.63, 3.8) is 0 Å². The first-order valence-corrected chi connectivity index (χ1v) is 6.76. The lowest BCUT2D eigenvalue weighted by molar-refractivity contribution is 0.0505. The third-order valence-electron chi connectivity index (χ3n) is 2.80. The summed E-state index contributed by atoms with van der Waals surface area (Å²) in [6.45, 7) is 6.78. The summed E-state index contributed by atoms with van der Waals surface area (Å²) in [5, 5.41) is 2.56. The molecule has 1 rings (SSSR count). The minimum absolute atomic E-state index is 0.0914. The van der Waals surface area contributed by atoms with Gasteiger partial charge in [-0.15, -0.1) is 0 Å². The van der Waals surface area contributed by atoms with Gasteiger partial charge in [-0.2, -0.15) is 0 Å². The fraction of sp³-hybridized carbons (Fsp3) is 0.533. The van der Waals surface area contributed by atoms with Crippen LogP contribution in [0.1, 0.15) is 31.9 Å². The van der Waals surface area contributed by atoms with Gasteiger partial charge in [-0.05, 0) is 57.4 Å². The van der Waals surface area contributed by atoms with Gasteiger partial charge in [0.15, 0.2) is 0 Å². The van der Waals surface area contributed by atoms with E-state index in [1.54, 1.807) is 20.8 Å². The summed E-state index contributed by atoms with van der Waals surface area (Å²) in [4.78, 5) is 11.7. The molecule has 0 heterocycles. The Labute approximate surface area is 123 Å². The van der Waals surface area contributed by atoms with Crippen LogP contribution in [0.2, 0.25) is 0 Å². The van der Waals surface area contributed by atoms with Gasteiger partial charge in [0.05, 0.1) is 0 Å². The number of aryl methyl sites for hydroxylation is 1. The van der Waals surface area contributed by atoms with Crippen molar-refractivity contribution in [1.29, 1.82) is 0 Å². The van der Waals surface area contributed by atoms with E-state index < -0.39 is 29.4 Å². The number of nitrogens with two attached hydrogens (primary N) is 1. The molecule has 0 radical (unpaired) electrons. The van der Waals surface area contributed by atoms with Gasteiger partial charge in [-0.1, -0.05) is 0 Å². The van der Waals surface area contributed by atoms with Crippen molar-refractivity contribution in [2.75, 3.05) is 6.54 Å². The fourth-order valence-electron chi connectivity index (χ4n) is 1.78. The van der Waals surface area contributed by atoms with Crippen molar-refractivity contribution < 1.29 is 18.3 Å². The Morgan fingerprint density at radius 1 is 1.33 bits per heavy atom. The van der Waals surface area contributed by atoms with Crippen LogP contribution in [0.4, 0.5) is 13.6 Å². The average Bonchev–Trinajstić information content (AvgIpc) is 2.32. The molecule has 118 valence electrons. The molecule has 0 aliphatic rings. The first-order chi connectivity index (χ1) is 9.62. The number of alkyl carbamates (subject to hydrolysis) is 1. The molecule has 0 fully saturated rings. The minimum atomic E-state index is -0.634. The molecule has 3 N–H and O–H groups in total. The second kappa shape index (κ2) is 6.85. The van der Waals surface area contributed by atoms with Crippen molar-refractivity contribution in [1.82, 2.24) is 5.32 Å². The van der Waals surface area contributed by atoms with E-state index >= 15 is 0 Å². The van der Waals surface area contributed by atoms with Crippen molar-refractivity contribution in [2.24, 2.45) is 5.73 Å². The van der Waals surface area contributed by atoms with Gasteiger partial charge < -0.3 is 15.8 Å². The number of benzene rings is 1. The van der Waals surface area contributed by atoms with Crippen molar-refractivity contribution >= 4 is 6.09 Å². The second-order valence-electron chi connectivity index (χ2n) is 5.98. The number of halogens is 2. The molecular formula is C15H22F2N2O2. The van der Waals surface area contributed by atoms with Crippen LogP contribution in [-0.4, -0.2) is 24.3 Å². The molecule has 4 nitrogen and oxygen atoms in total. The number of carbonyl (C=O) groups excluding carboxylic acids is 1. The summed E-state index contributed by atoms with van der Waals surface area (Å²) < 4.78 is 32.4. The van der Waals surface area contributed by atoms with E-state index in [2.05, 4.69) is 5.32 Å². The lowest BCUT2D eigenvalue weighted by atomic mass is 10.0. The zero-order chi connectivity index (χ0) is 16.2. The number of hydrogen-bond acceptors (Lipinski definition) is 3. The van der Waals surface area contributed by atoms with Crippen molar-refractivity contribution in [3.8, 4) is 0 Å². The summed E-state index contributed by atoms with van der Waals surface area (Å²) in [7, 11) is 0. The van der Waals surface area contributed by atoms with Gasteiger partial charge in [0, 0.05) is 12.6 Å². The quantitative estimate of drug-likeness (QED) is 0.898. The molecule has 1 aromatic carbocycles. The van der Waals surface area contributed by atoms with Gasteiger partial charge in [-0.3, -0.25) is 0 Å². The molecule has 0 spiro atoms. The van der Waals surface area contributed by atoms with E-state index in [9.17, 15) is 13.6 Å². The van der Waals surface area contributed by atoms with Gasteiger partial charge in [0.25, 0.3) is 0 Å². The van der Waals surface area contributed by atoms with Crippen molar-refractivity contribution in [2.45, 2.75) is 45.8 Å². The molecule has 0 aliphatic carbocycles.